The molecule has 1 unspecified atom stereocenters. The minimum absolute atomic E-state index is 0.149. The SMILES string of the molecule is CSc1ncc(CNC2CCCN(C(=O)O)C2)c(Cl)n1. The van der Waals surface area contributed by atoms with Crippen molar-refractivity contribution in [2.75, 3.05) is 19.3 Å². The highest BCUT2D eigenvalue weighted by Gasteiger charge is 2.22. The van der Waals surface area contributed by atoms with E-state index in [9.17, 15) is 4.79 Å². The number of aromatic nitrogens is 2. The Labute approximate surface area is 126 Å². The predicted octanol–water partition coefficient (Wildman–Crippen LogP) is 2.08. The van der Waals surface area contributed by atoms with Crippen molar-refractivity contribution in [1.29, 1.82) is 0 Å². The second-order valence-electron chi connectivity index (χ2n) is 4.62. The molecule has 0 radical (unpaired) electrons. The van der Waals surface area contributed by atoms with Gasteiger partial charge in [-0.1, -0.05) is 23.4 Å². The Kier molecular flexibility index (Phi) is 5.45. The van der Waals surface area contributed by atoms with Crippen LogP contribution in [0.5, 0.6) is 0 Å². The molecule has 1 amide bonds. The summed E-state index contributed by atoms with van der Waals surface area (Å²) >= 11 is 7.54. The lowest BCUT2D eigenvalue weighted by atomic mass is 10.1. The standard InChI is InChI=1S/C12H17ClN4O2S/c1-20-11-15-6-8(10(13)16-11)5-14-9-3-2-4-17(7-9)12(18)19/h6,9,14H,2-5,7H2,1H3,(H,18,19). The van der Waals surface area contributed by atoms with Gasteiger partial charge in [-0.25, -0.2) is 14.8 Å². The lowest BCUT2D eigenvalue weighted by Crippen LogP contribution is -2.47. The zero-order valence-corrected chi connectivity index (χ0v) is 12.7. The van der Waals surface area contributed by atoms with Gasteiger partial charge >= 0.3 is 6.09 Å². The molecule has 8 heteroatoms. The number of likely N-dealkylation sites (tertiary alicyclic amines) is 1. The molecular weight excluding hydrogens is 300 g/mol. The third-order valence-electron chi connectivity index (χ3n) is 3.25. The Morgan fingerprint density at radius 1 is 1.70 bits per heavy atom. The van der Waals surface area contributed by atoms with Gasteiger partial charge in [0, 0.05) is 37.4 Å². The molecular formula is C12H17ClN4O2S. The van der Waals surface area contributed by atoms with E-state index in [-0.39, 0.29) is 6.04 Å². The molecule has 1 atom stereocenters. The highest BCUT2D eigenvalue weighted by molar-refractivity contribution is 7.98. The van der Waals surface area contributed by atoms with E-state index in [2.05, 4.69) is 15.3 Å². The third kappa shape index (κ3) is 3.97. The molecule has 2 N–H and O–H groups in total. The maximum Gasteiger partial charge on any atom is 0.407 e. The van der Waals surface area contributed by atoms with E-state index in [1.54, 1.807) is 6.20 Å². The number of nitrogens with zero attached hydrogens (tertiary/aromatic N) is 3. The molecule has 1 aromatic rings. The van der Waals surface area contributed by atoms with Gasteiger partial charge in [0.15, 0.2) is 5.16 Å². The lowest BCUT2D eigenvalue weighted by Gasteiger charge is -2.31. The van der Waals surface area contributed by atoms with Crippen LogP contribution in [0.15, 0.2) is 11.4 Å². The number of rotatable bonds is 4. The van der Waals surface area contributed by atoms with Crippen molar-refractivity contribution in [3.8, 4) is 0 Å². The highest BCUT2D eigenvalue weighted by atomic mass is 35.5. The van der Waals surface area contributed by atoms with Gasteiger partial charge in [0.05, 0.1) is 0 Å². The largest absolute Gasteiger partial charge is 0.465 e. The second-order valence-corrected chi connectivity index (χ2v) is 5.75. The minimum Gasteiger partial charge on any atom is -0.465 e. The van der Waals surface area contributed by atoms with Gasteiger partial charge in [-0.05, 0) is 19.1 Å². The van der Waals surface area contributed by atoms with Crippen LogP contribution in [-0.2, 0) is 6.54 Å². The second kappa shape index (κ2) is 7.10. The number of carbonyl (C=O) groups is 1. The summed E-state index contributed by atoms with van der Waals surface area (Å²) in [7, 11) is 0. The lowest BCUT2D eigenvalue weighted by molar-refractivity contribution is 0.126. The molecule has 2 heterocycles. The van der Waals surface area contributed by atoms with Gasteiger partial charge in [0.1, 0.15) is 5.15 Å². The van der Waals surface area contributed by atoms with Crippen LogP contribution in [0.4, 0.5) is 4.79 Å². The average Bonchev–Trinajstić information content (AvgIpc) is 2.46. The number of piperidine rings is 1. The minimum atomic E-state index is -0.859. The molecule has 2 rings (SSSR count). The zero-order chi connectivity index (χ0) is 14.5. The molecule has 0 aromatic carbocycles. The van der Waals surface area contributed by atoms with Crippen molar-refractivity contribution in [3.63, 3.8) is 0 Å². The molecule has 110 valence electrons. The Hall–Kier alpha value is -1.05. The molecule has 1 fully saturated rings. The molecule has 1 aromatic heterocycles. The topological polar surface area (TPSA) is 78.4 Å². The average molecular weight is 317 g/mol. The number of nitrogens with one attached hydrogen (secondary N) is 1. The van der Waals surface area contributed by atoms with Crippen LogP contribution in [0, 0.1) is 0 Å². The molecule has 1 aliphatic heterocycles. The van der Waals surface area contributed by atoms with E-state index in [0.717, 1.165) is 18.4 Å². The summed E-state index contributed by atoms with van der Waals surface area (Å²) in [4.78, 5) is 20.8. The van der Waals surface area contributed by atoms with Crippen LogP contribution in [-0.4, -0.2) is 51.5 Å². The van der Waals surface area contributed by atoms with Crippen molar-refractivity contribution in [2.24, 2.45) is 0 Å². The Bertz CT molecular complexity index is 489. The van der Waals surface area contributed by atoms with Gasteiger partial charge in [-0.2, -0.15) is 0 Å². The summed E-state index contributed by atoms with van der Waals surface area (Å²) in [6, 6.07) is 0.149. The van der Waals surface area contributed by atoms with Gasteiger partial charge < -0.3 is 15.3 Å². The number of amides is 1. The fourth-order valence-corrected chi connectivity index (χ4v) is 2.75. The number of halogens is 1. The van der Waals surface area contributed by atoms with Gasteiger partial charge in [0.2, 0.25) is 0 Å². The molecule has 0 bridgehead atoms. The summed E-state index contributed by atoms with van der Waals surface area (Å²) in [6.45, 7) is 1.67. The molecule has 1 saturated heterocycles. The Balaban J connectivity index is 1.90. The molecule has 1 aliphatic rings. The fraction of sp³-hybridized carbons (Fsp3) is 0.583. The molecule has 0 aliphatic carbocycles. The first-order valence-corrected chi connectivity index (χ1v) is 7.97. The summed E-state index contributed by atoms with van der Waals surface area (Å²) in [5.41, 5.74) is 0.830. The van der Waals surface area contributed by atoms with E-state index < -0.39 is 6.09 Å². The van der Waals surface area contributed by atoms with E-state index in [4.69, 9.17) is 16.7 Å². The third-order valence-corrected chi connectivity index (χ3v) is 4.13. The van der Waals surface area contributed by atoms with Gasteiger partial charge in [-0.15, -0.1) is 0 Å². The summed E-state index contributed by atoms with van der Waals surface area (Å²) < 4.78 is 0. The van der Waals surface area contributed by atoms with Crippen molar-refractivity contribution in [2.45, 2.75) is 30.6 Å². The quantitative estimate of drug-likeness (QED) is 0.503. The highest BCUT2D eigenvalue weighted by Crippen LogP contribution is 2.17. The van der Waals surface area contributed by atoms with Crippen molar-refractivity contribution < 1.29 is 9.90 Å². The van der Waals surface area contributed by atoms with E-state index in [0.29, 0.717) is 29.9 Å². The van der Waals surface area contributed by atoms with Crippen molar-refractivity contribution >= 4 is 29.5 Å². The van der Waals surface area contributed by atoms with Crippen molar-refractivity contribution in [3.05, 3.63) is 16.9 Å². The van der Waals surface area contributed by atoms with Crippen LogP contribution >= 0.6 is 23.4 Å². The molecule has 0 spiro atoms. The van der Waals surface area contributed by atoms with E-state index in [1.165, 1.54) is 16.7 Å². The normalized spacial score (nSPS) is 19.1. The molecule has 0 saturated carbocycles. The smallest absolute Gasteiger partial charge is 0.407 e. The van der Waals surface area contributed by atoms with Gasteiger partial charge in [0.25, 0.3) is 0 Å². The monoisotopic (exact) mass is 316 g/mol. The Morgan fingerprint density at radius 2 is 2.50 bits per heavy atom. The maximum absolute atomic E-state index is 11.0. The van der Waals surface area contributed by atoms with Crippen LogP contribution < -0.4 is 5.32 Å². The van der Waals surface area contributed by atoms with Crippen LogP contribution in [0.2, 0.25) is 5.15 Å². The number of hydrogen-bond acceptors (Lipinski definition) is 5. The first kappa shape index (κ1) is 15.3. The predicted molar refractivity (Wildman–Crippen MR) is 78.3 cm³/mol. The van der Waals surface area contributed by atoms with Crippen molar-refractivity contribution in [1.82, 2.24) is 20.2 Å². The number of hydrogen-bond donors (Lipinski definition) is 2. The van der Waals surface area contributed by atoms with Crippen LogP contribution in [0.3, 0.4) is 0 Å². The van der Waals surface area contributed by atoms with E-state index in [1.807, 2.05) is 6.26 Å². The first-order valence-electron chi connectivity index (χ1n) is 6.37. The maximum atomic E-state index is 11.0. The number of carboxylic acid groups (broad SMARTS) is 1. The van der Waals surface area contributed by atoms with Gasteiger partial charge in [-0.3, -0.25) is 0 Å². The first-order chi connectivity index (χ1) is 9.60. The zero-order valence-electron chi connectivity index (χ0n) is 11.2. The summed E-state index contributed by atoms with van der Waals surface area (Å²) in [5.74, 6) is 0. The summed E-state index contributed by atoms with van der Waals surface area (Å²) in [5, 5.41) is 13.4. The Morgan fingerprint density at radius 3 is 3.15 bits per heavy atom. The fourth-order valence-electron chi connectivity index (χ4n) is 2.16. The summed E-state index contributed by atoms with van der Waals surface area (Å²) in [6.07, 6.45) is 4.59. The van der Waals surface area contributed by atoms with Crippen LogP contribution in [0.1, 0.15) is 18.4 Å². The number of thioether (sulfide) groups is 1. The van der Waals surface area contributed by atoms with Crippen LogP contribution in [0.25, 0.3) is 0 Å². The molecule has 6 nitrogen and oxygen atoms in total. The van der Waals surface area contributed by atoms with E-state index >= 15 is 0 Å². The molecule has 20 heavy (non-hydrogen) atoms.